The standard InChI is InChI=1S/C23H31N3O3S/c1-18-7-10-21(11-8-18)30(28,29)25-22-12-9-20(17-19(22)2)23(27)24-13-6-16-26-14-4-3-5-15-26/h7-12,17,25H,3-6,13-16H2,1-2H3,(H,24,27). The fourth-order valence-electron chi connectivity index (χ4n) is 3.63. The van der Waals surface area contributed by atoms with E-state index in [4.69, 9.17) is 0 Å². The van der Waals surface area contributed by atoms with Gasteiger partial charge in [0.2, 0.25) is 0 Å². The second-order valence-electron chi connectivity index (χ2n) is 7.96. The van der Waals surface area contributed by atoms with Crippen LogP contribution in [0.4, 0.5) is 5.69 Å². The van der Waals surface area contributed by atoms with E-state index < -0.39 is 10.0 Å². The molecular weight excluding hydrogens is 398 g/mol. The minimum Gasteiger partial charge on any atom is -0.352 e. The lowest BCUT2D eigenvalue weighted by Crippen LogP contribution is -2.33. The van der Waals surface area contributed by atoms with Gasteiger partial charge in [0.25, 0.3) is 15.9 Å². The second-order valence-corrected chi connectivity index (χ2v) is 9.64. The van der Waals surface area contributed by atoms with Crippen molar-refractivity contribution in [2.45, 2.75) is 44.4 Å². The molecule has 0 aromatic heterocycles. The maximum absolute atomic E-state index is 12.6. The summed E-state index contributed by atoms with van der Waals surface area (Å²) in [6.45, 7) is 7.67. The molecule has 3 rings (SSSR count). The summed E-state index contributed by atoms with van der Waals surface area (Å²) in [5, 5.41) is 2.96. The molecule has 2 aromatic rings. The first-order valence-corrected chi connectivity index (χ1v) is 12.0. The Bertz CT molecular complexity index is 966. The third kappa shape index (κ3) is 6.06. The molecule has 1 aliphatic heterocycles. The fraction of sp³-hybridized carbons (Fsp3) is 0.435. The molecule has 7 heteroatoms. The van der Waals surface area contributed by atoms with Crippen LogP contribution in [0.2, 0.25) is 0 Å². The van der Waals surface area contributed by atoms with Gasteiger partial charge in [-0.3, -0.25) is 9.52 Å². The van der Waals surface area contributed by atoms with Crippen molar-refractivity contribution in [1.82, 2.24) is 10.2 Å². The topological polar surface area (TPSA) is 78.5 Å². The van der Waals surface area contributed by atoms with E-state index in [1.54, 1.807) is 49.4 Å². The number of hydrogen-bond acceptors (Lipinski definition) is 4. The number of amides is 1. The lowest BCUT2D eigenvalue weighted by Gasteiger charge is -2.26. The number of piperidine rings is 1. The van der Waals surface area contributed by atoms with Crippen molar-refractivity contribution in [2.24, 2.45) is 0 Å². The summed E-state index contributed by atoms with van der Waals surface area (Å²) in [5.41, 5.74) is 2.70. The van der Waals surface area contributed by atoms with Crippen LogP contribution in [-0.2, 0) is 10.0 Å². The summed E-state index contributed by atoms with van der Waals surface area (Å²) < 4.78 is 27.8. The van der Waals surface area contributed by atoms with Crippen LogP contribution in [-0.4, -0.2) is 45.4 Å². The molecule has 1 fully saturated rings. The lowest BCUT2D eigenvalue weighted by molar-refractivity contribution is 0.0951. The zero-order chi connectivity index (χ0) is 21.6. The molecule has 1 saturated heterocycles. The van der Waals surface area contributed by atoms with E-state index in [-0.39, 0.29) is 10.8 Å². The molecule has 0 bridgehead atoms. The number of likely N-dealkylation sites (tertiary alicyclic amines) is 1. The highest BCUT2D eigenvalue weighted by molar-refractivity contribution is 7.92. The number of rotatable bonds is 8. The summed E-state index contributed by atoms with van der Waals surface area (Å²) >= 11 is 0. The van der Waals surface area contributed by atoms with E-state index in [1.807, 2.05) is 6.92 Å². The van der Waals surface area contributed by atoms with Crippen LogP contribution in [0, 0.1) is 13.8 Å². The normalized spacial score (nSPS) is 15.0. The van der Waals surface area contributed by atoms with Crippen molar-refractivity contribution in [1.29, 1.82) is 0 Å². The van der Waals surface area contributed by atoms with E-state index >= 15 is 0 Å². The van der Waals surface area contributed by atoms with Crippen molar-refractivity contribution in [3.05, 3.63) is 59.2 Å². The van der Waals surface area contributed by atoms with Gasteiger partial charge in [-0.1, -0.05) is 24.1 Å². The zero-order valence-electron chi connectivity index (χ0n) is 17.8. The Balaban J connectivity index is 1.55. The average molecular weight is 430 g/mol. The Morgan fingerprint density at radius 2 is 1.70 bits per heavy atom. The Morgan fingerprint density at radius 1 is 1.00 bits per heavy atom. The maximum atomic E-state index is 12.6. The van der Waals surface area contributed by atoms with Gasteiger partial charge in [0.05, 0.1) is 10.6 Å². The Hall–Kier alpha value is -2.38. The minimum atomic E-state index is -3.67. The first-order chi connectivity index (χ1) is 14.3. The summed E-state index contributed by atoms with van der Waals surface area (Å²) in [4.78, 5) is 15.1. The Morgan fingerprint density at radius 3 is 2.37 bits per heavy atom. The fourth-order valence-corrected chi connectivity index (χ4v) is 4.76. The Kier molecular flexibility index (Phi) is 7.50. The van der Waals surface area contributed by atoms with Crippen LogP contribution in [0.5, 0.6) is 0 Å². The van der Waals surface area contributed by atoms with Crippen LogP contribution in [0.25, 0.3) is 0 Å². The molecule has 0 unspecified atom stereocenters. The van der Waals surface area contributed by atoms with Crippen molar-refractivity contribution in [2.75, 3.05) is 30.9 Å². The van der Waals surface area contributed by atoms with Gasteiger partial charge in [-0.25, -0.2) is 8.42 Å². The number of carbonyl (C=O) groups excluding carboxylic acids is 1. The first-order valence-electron chi connectivity index (χ1n) is 10.6. The SMILES string of the molecule is Cc1ccc(S(=O)(=O)Nc2ccc(C(=O)NCCCN3CCCCC3)cc2C)cc1. The van der Waals surface area contributed by atoms with E-state index in [1.165, 1.54) is 19.3 Å². The number of benzene rings is 2. The van der Waals surface area contributed by atoms with Crippen molar-refractivity contribution >= 4 is 21.6 Å². The molecule has 0 aliphatic carbocycles. The predicted octanol–water partition coefficient (Wildman–Crippen LogP) is 3.71. The van der Waals surface area contributed by atoms with E-state index in [0.29, 0.717) is 23.4 Å². The van der Waals surface area contributed by atoms with Gasteiger partial charge in [-0.2, -0.15) is 0 Å². The number of carbonyl (C=O) groups is 1. The average Bonchev–Trinajstić information content (AvgIpc) is 2.73. The van der Waals surface area contributed by atoms with Gasteiger partial charge < -0.3 is 10.2 Å². The molecular formula is C23H31N3O3S. The van der Waals surface area contributed by atoms with Crippen LogP contribution in [0.15, 0.2) is 47.4 Å². The number of aryl methyl sites for hydroxylation is 2. The van der Waals surface area contributed by atoms with Crippen LogP contribution < -0.4 is 10.0 Å². The number of hydrogen-bond donors (Lipinski definition) is 2. The third-order valence-corrected chi connectivity index (χ3v) is 6.83. The third-order valence-electron chi connectivity index (χ3n) is 5.45. The van der Waals surface area contributed by atoms with Gasteiger partial charge >= 0.3 is 0 Å². The number of anilines is 1. The van der Waals surface area contributed by atoms with E-state index in [9.17, 15) is 13.2 Å². The van der Waals surface area contributed by atoms with Crippen molar-refractivity contribution in [3.8, 4) is 0 Å². The highest BCUT2D eigenvalue weighted by Gasteiger charge is 2.16. The smallest absolute Gasteiger partial charge is 0.261 e. The van der Waals surface area contributed by atoms with Gasteiger partial charge in [0.15, 0.2) is 0 Å². The molecule has 1 amide bonds. The predicted molar refractivity (Wildman–Crippen MR) is 120 cm³/mol. The second kappa shape index (κ2) is 10.1. The molecule has 0 radical (unpaired) electrons. The van der Waals surface area contributed by atoms with Gasteiger partial charge in [0.1, 0.15) is 0 Å². The molecule has 6 nitrogen and oxygen atoms in total. The largest absolute Gasteiger partial charge is 0.352 e. The molecule has 0 spiro atoms. The van der Waals surface area contributed by atoms with Crippen molar-refractivity contribution in [3.63, 3.8) is 0 Å². The van der Waals surface area contributed by atoms with E-state index in [2.05, 4.69) is 14.9 Å². The van der Waals surface area contributed by atoms with Gasteiger partial charge in [0, 0.05) is 12.1 Å². The van der Waals surface area contributed by atoms with Gasteiger partial charge in [-0.15, -0.1) is 0 Å². The highest BCUT2D eigenvalue weighted by atomic mass is 32.2. The molecule has 1 heterocycles. The van der Waals surface area contributed by atoms with Crippen LogP contribution in [0.3, 0.4) is 0 Å². The summed E-state index contributed by atoms with van der Waals surface area (Å²) in [7, 11) is -3.67. The summed E-state index contributed by atoms with van der Waals surface area (Å²) in [6.07, 6.45) is 4.79. The molecule has 1 aliphatic rings. The zero-order valence-corrected chi connectivity index (χ0v) is 18.6. The summed E-state index contributed by atoms with van der Waals surface area (Å²) in [5.74, 6) is -0.135. The molecule has 162 valence electrons. The van der Waals surface area contributed by atoms with Gasteiger partial charge in [-0.05, 0) is 88.6 Å². The number of sulfonamides is 1. The van der Waals surface area contributed by atoms with E-state index in [0.717, 1.165) is 31.6 Å². The monoisotopic (exact) mass is 429 g/mol. The molecule has 0 saturated carbocycles. The van der Waals surface area contributed by atoms with Crippen LogP contribution in [0.1, 0.15) is 47.2 Å². The molecule has 2 aromatic carbocycles. The van der Waals surface area contributed by atoms with Crippen LogP contribution >= 0.6 is 0 Å². The summed E-state index contributed by atoms with van der Waals surface area (Å²) in [6, 6.07) is 11.7. The Labute approximate surface area is 179 Å². The molecule has 0 atom stereocenters. The first kappa shape index (κ1) is 22.3. The lowest BCUT2D eigenvalue weighted by atomic mass is 10.1. The number of nitrogens with zero attached hydrogens (tertiary/aromatic N) is 1. The quantitative estimate of drug-likeness (QED) is 0.627. The molecule has 2 N–H and O–H groups in total. The minimum absolute atomic E-state index is 0.135. The molecule has 30 heavy (non-hydrogen) atoms. The maximum Gasteiger partial charge on any atom is 0.261 e. The highest BCUT2D eigenvalue weighted by Crippen LogP contribution is 2.21. The van der Waals surface area contributed by atoms with Crippen molar-refractivity contribution < 1.29 is 13.2 Å². The number of nitrogens with one attached hydrogen (secondary N) is 2.